The highest BCUT2D eigenvalue weighted by Gasteiger charge is 2.80. The van der Waals surface area contributed by atoms with Crippen LogP contribution in [0.4, 0.5) is 0 Å². The summed E-state index contributed by atoms with van der Waals surface area (Å²) in [5.41, 5.74) is 2.35. The second kappa shape index (κ2) is 4.41. The van der Waals surface area contributed by atoms with Gasteiger partial charge in [-0.25, -0.2) is 0 Å². The average Bonchev–Trinajstić information content (AvgIpc) is 3.53. The van der Waals surface area contributed by atoms with E-state index >= 15 is 0 Å². The zero-order valence-corrected chi connectivity index (χ0v) is 16.8. The quantitative estimate of drug-likeness (QED) is 0.583. The Morgan fingerprint density at radius 1 is 1.07 bits per heavy atom. The molecule has 2 nitrogen and oxygen atoms in total. The third-order valence-corrected chi connectivity index (χ3v) is 11.0. The molecule has 7 rings (SSSR count). The van der Waals surface area contributed by atoms with Crippen LogP contribution in [0.1, 0.15) is 65.2 Å². The number of hydrogen-bond donors (Lipinski definition) is 0. The molecule has 0 bridgehead atoms. The fraction of sp³-hybridized carbons (Fsp3) is 0.800. The van der Waals surface area contributed by atoms with E-state index in [1.807, 2.05) is 0 Å². The van der Waals surface area contributed by atoms with E-state index in [9.17, 15) is 4.79 Å². The van der Waals surface area contributed by atoms with Gasteiger partial charge in [0.1, 0.15) is 5.60 Å². The molecule has 144 valence electrons. The van der Waals surface area contributed by atoms with Gasteiger partial charge in [0, 0.05) is 24.2 Å². The van der Waals surface area contributed by atoms with Gasteiger partial charge in [0.05, 0.1) is 5.76 Å². The molecule has 1 spiro atoms. The Morgan fingerprint density at radius 2 is 1.93 bits per heavy atom. The molecule has 6 aliphatic carbocycles. The van der Waals surface area contributed by atoms with Crippen molar-refractivity contribution in [3.63, 3.8) is 0 Å². The van der Waals surface area contributed by atoms with Crippen LogP contribution in [0.3, 0.4) is 0 Å². The summed E-state index contributed by atoms with van der Waals surface area (Å²) in [5, 5.41) is 0. The zero-order chi connectivity index (χ0) is 18.3. The zero-order valence-electron chi connectivity index (χ0n) is 16.8. The second-order valence-corrected chi connectivity index (χ2v) is 11.7. The van der Waals surface area contributed by atoms with Crippen molar-refractivity contribution in [1.82, 2.24) is 0 Å². The lowest BCUT2D eigenvalue weighted by Crippen LogP contribution is -2.57. The first kappa shape index (κ1) is 15.8. The average molecular weight is 365 g/mol. The summed E-state index contributed by atoms with van der Waals surface area (Å²) in [6, 6.07) is 0. The van der Waals surface area contributed by atoms with Crippen molar-refractivity contribution in [2.75, 3.05) is 0 Å². The van der Waals surface area contributed by atoms with Gasteiger partial charge in [0.15, 0.2) is 5.78 Å². The van der Waals surface area contributed by atoms with E-state index in [0.717, 1.165) is 66.4 Å². The first-order valence-corrected chi connectivity index (χ1v) is 11.5. The Balaban J connectivity index is 1.33. The molecule has 1 saturated heterocycles. The van der Waals surface area contributed by atoms with Crippen molar-refractivity contribution in [1.29, 1.82) is 0 Å². The molecule has 1 aliphatic heterocycles. The highest BCUT2D eigenvalue weighted by molar-refractivity contribution is 5.92. The SMILES string of the molecule is C=C1CC[C@]2(O1)C1CC1C1C3C4CC4C4=CC(=O)CC[C@]4(C)C3CC[C@@]12C. The fourth-order valence-corrected chi connectivity index (χ4v) is 9.83. The van der Waals surface area contributed by atoms with E-state index in [4.69, 9.17) is 4.74 Å². The molecule has 7 unspecified atom stereocenters. The summed E-state index contributed by atoms with van der Waals surface area (Å²) in [5.74, 6) is 7.32. The molecule has 5 saturated carbocycles. The first-order chi connectivity index (χ1) is 12.9. The Hall–Kier alpha value is -1.05. The van der Waals surface area contributed by atoms with Crippen LogP contribution in [0, 0.1) is 52.3 Å². The molecule has 0 amide bonds. The van der Waals surface area contributed by atoms with Gasteiger partial charge in [-0.3, -0.25) is 4.79 Å². The molecule has 7 aliphatic rings. The van der Waals surface area contributed by atoms with Crippen molar-refractivity contribution in [3.8, 4) is 0 Å². The third-order valence-electron chi connectivity index (χ3n) is 11.0. The summed E-state index contributed by atoms with van der Waals surface area (Å²) in [4.78, 5) is 12.2. The van der Waals surface area contributed by atoms with Gasteiger partial charge in [-0.2, -0.15) is 0 Å². The maximum atomic E-state index is 12.2. The molecule has 2 heteroatoms. The third kappa shape index (κ3) is 1.59. The van der Waals surface area contributed by atoms with Crippen LogP contribution < -0.4 is 0 Å². The van der Waals surface area contributed by atoms with Crippen molar-refractivity contribution in [2.24, 2.45) is 52.3 Å². The van der Waals surface area contributed by atoms with Gasteiger partial charge < -0.3 is 4.74 Å². The first-order valence-electron chi connectivity index (χ1n) is 11.5. The predicted molar refractivity (Wildman–Crippen MR) is 104 cm³/mol. The lowest BCUT2D eigenvalue weighted by molar-refractivity contribution is -0.146. The highest BCUT2D eigenvalue weighted by atomic mass is 16.5. The Labute approximate surface area is 162 Å². The number of carbonyl (C=O) groups excluding carboxylic acids is 1. The summed E-state index contributed by atoms with van der Waals surface area (Å²) >= 11 is 0. The number of rotatable bonds is 0. The minimum atomic E-state index is 0.119. The van der Waals surface area contributed by atoms with Crippen LogP contribution in [0.2, 0.25) is 0 Å². The summed E-state index contributed by atoms with van der Waals surface area (Å²) in [6.45, 7) is 9.35. The number of fused-ring (bicyclic) bond motifs is 12. The molecule has 0 aromatic carbocycles. The largest absolute Gasteiger partial charge is 0.491 e. The van der Waals surface area contributed by atoms with Crippen LogP contribution in [0.5, 0.6) is 0 Å². The Kier molecular flexibility index (Phi) is 2.59. The maximum Gasteiger partial charge on any atom is 0.155 e. The van der Waals surface area contributed by atoms with E-state index in [-0.39, 0.29) is 5.60 Å². The van der Waals surface area contributed by atoms with Gasteiger partial charge in [-0.1, -0.05) is 26.0 Å². The number of ketones is 1. The molecule has 27 heavy (non-hydrogen) atoms. The van der Waals surface area contributed by atoms with Crippen molar-refractivity contribution in [2.45, 2.75) is 70.8 Å². The smallest absolute Gasteiger partial charge is 0.155 e. The van der Waals surface area contributed by atoms with Gasteiger partial charge in [-0.15, -0.1) is 0 Å². The number of carbonyl (C=O) groups is 1. The minimum Gasteiger partial charge on any atom is -0.491 e. The monoisotopic (exact) mass is 364 g/mol. The van der Waals surface area contributed by atoms with Crippen molar-refractivity contribution < 1.29 is 9.53 Å². The topological polar surface area (TPSA) is 26.3 Å². The van der Waals surface area contributed by atoms with E-state index in [0.29, 0.717) is 16.6 Å². The molecule has 0 radical (unpaired) electrons. The van der Waals surface area contributed by atoms with Crippen LogP contribution in [-0.2, 0) is 9.53 Å². The summed E-state index contributed by atoms with van der Waals surface area (Å²) in [6.07, 6.45) is 11.7. The van der Waals surface area contributed by atoms with E-state index < -0.39 is 0 Å². The van der Waals surface area contributed by atoms with Crippen LogP contribution in [0.25, 0.3) is 0 Å². The molecule has 0 N–H and O–H groups in total. The lowest BCUT2D eigenvalue weighted by atomic mass is 9.45. The highest BCUT2D eigenvalue weighted by Crippen LogP contribution is 2.82. The summed E-state index contributed by atoms with van der Waals surface area (Å²) < 4.78 is 6.66. The molecule has 0 aromatic heterocycles. The molecule has 0 aromatic rings. The number of hydrogen-bond acceptors (Lipinski definition) is 2. The van der Waals surface area contributed by atoms with E-state index in [1.165, 1.54) is 32.1 Å². The molecule has 6 fully saturated rings. The van der Waals surface area contributed by atoms with Crippen molar-refractivity contribution in [3.05, 3.63) is 24.0 Å². The van der Waals surface area contributed by atoms with E-state index in [2.05, 4.69) is 26.5 Å². The summed E-state index contributed by atoms with van der Waals surface area (Å²) in [7, 11) is 0. The normalized spacial score (nSPS) is 62.0. The Bertz CT molecular complexity index is 824. The molecule has 10 atom stereocenters. The van der Waals surface area contributed by atoms with Crippen LogP contribution in [0.15, 0.2) is 24.0 Å². The lowest BCUT2D eigenvalue weighted by Gasteiger charge is -2.60. The number of ether oxygens (including phenoxy) is 1. The van der Waals surface area contributed by atoms with Gasteiger partial charge in [0.2, 0.25) is 0 Å². The molecular weight excluding hydrogens is 332 g/mol. The fourth-order valence-electron chi connectivity index (χ4n) is 9.83. The predicted octanol–water partition coefficient (Wildman–Crippen LogP) is 5.29. The standard InChI is InChI=1S/C25H32O2/c1-13-4-9-25(27-13)20-12-17(20)22-21-16-11-15(16)19-10-14(26)5-7-23(19,2)18(21)6-8-24(22,25)3/h10,15-18,20-22H,1,4-9,11-12H2,2-3H3/t15?,16?,17?,18?,20?,21?,22?,23-,24+,25+/m1/s1. The molecule has 1 heterocycles. The maximum absolute atomic E-state index is 12.2. The van der Waals surface area contributed by atoms with Gasteiger partial charge in [-0.05, 0) is 85.5 Å². The van der Waals surface area contributed by atoms with Gasteiger partial charge in [0.25, 0.3) is 0 Å². The molecular formula is C25H32O2. The van der Waals surface area contributed by atoms with E-state index in [1.54, 1.807) is 5.57 Å². The Morgan fingerprint density at radius 3 is 2.70 bits per heavy atom. The number of allylic oxidation sites excluding steroid dienone is 2. The van der Waals surface area contributed by atoms with Gasteiger partial charge >= 0.3 is 0 Å². The minimum absolute atomic E-state index is 0.119. The van der Waals surface area contributed by atoms with Crippen LogP contribution in [-0.4, -0.2) is 11.4 Å². The van der Waals surface area contributed by atoms with Crippen molar-refractivity contribution >= 4 is 5.78 Å². The second-order valence-electron chi connectivity index (χ2n) is 11.7. The van der Waals surface area contributed by atoms with Crippen LogP contribution >= 0.6 is 0 Å².